The van der Waals surface area contributed by atoms with E-state index in [0.717, 1.165) is 12.8 Å². The van der Waals surface area contributed by atoms with E-state index >= 15 is 0 Å². The molecule has 2 amide bonds. The molecule has 0 spiro atoms. The minimum absolute atomic E-state index is 0.0157. The van der Waals surface area contributed by atoms with Crippen LogP contribution >= 0.6 is 0 Å². The van der Waals surface area contributed by atoms with Gasteiger partial charge in [-0.2, -0.15) is 4.31 Å². The first-order chi connectivity index (χ1) is 13.9. The Morgan fingerprint density at radius 3 is 2.48 bits per heavy atom. The first-order valence-corrected chi connectivity index (χ1v) is 11.4. The molecule has 1 aromatic carbocycles. The van der Waals surface area contributed by atoms with Crippen molar-refractivity contribution in [3.05, 3.63) is 29.8 Å². The predicted octanol–water partition coefficient (Wildman–Crippen LogP) is 0.374. The van der Waals surface area contributed by atoms with Gasteiger partial charge in [-0.15, -0.1) is 0 Å². The van der Waals surface area contributed by atoms with E-state index in [-0.39, 0.29) is 24.7 Å². The smallest absolute Gasteiger partial charge is 0.251 e. The third-order valence-corrected chi connectivity index (χ3v) is 6.21. The Hall–Kier alpha value is -2.17. The van der Waals surface area contributed by atoms with Crippen LogP contribution in [0.3, 0.4) is 0 Å². The molecule has 10 heteroatoms. The number of nitrogens with one attached hydrogen (secondary N) is 2. The molecule has 162 valence electrons. The summed E-state index contributed by atoms with van der Waals surface area (Å²) in [6.07, 6.45) is 2.01. The second-order valence-corrected chi connectivity index (χ2v) is 8.67. The number of benzene rings is 1. The van der Waals surface area contributed by atoms with Crippen LogP contribution in [0.1, 0.15) is 30.1 Å². The van der Waals surface area contributed by atoms with Crippen LogP contribution in [-0.2, 0) is 19.6 Å². The molecule has 1 aliphatic rings. The maximum absolute atomic E-state index is 12.2. The zero-order chi connectivity index (χ0) is 21.1. The molecule has 1 fully saturated rings. The number of amides is 2. The van der Waals surface area contributed by atoms with Crippen LogP contribution in [0.4, 0.5) is 0 Å². The van der Waals surface area contributed by atoms with E-state index in [4.69, 9.17) is 9.47 Å². The number of hydrogen-bond donors (Lipinski definition) is 2. The summed E-state index contributed by atoms with van der Waals surface area (Å²) in [7, 11) is -3.43. The summed E-state index contributed by atoms with van der Waals surface area (Å²) in [5, 5.41) is 5.03. The Labute approximate surface area is 171 Å². The minimum atomic E-state index is -3.43. The quantitative estimate of drug-likeness (QED) is 0.494. The van der Waals surface area contributed by atoms with Crippen molar-refractivity contribution in [1.29, 1.82) is 0 Å². The molecular weight excluding hydrogens is 398 g/mol. The van der Waals surface area contributed by atoms with Gasteiger partial charge in [-0.25, -0.2) is 8.42 Å². The number of carbonyl (C=O) groups is 2. The van der Waals surface area contributed by atoms with Gasteiger partial charge in [0.15, 0.2) is 0 Å². The van der Waals surface area contributed by atoms with E-state index in [1.54, 1.807) is 24.3 Å². The Balaban J connectivity index is 1.68. The van der Waals surface area contributed by atoms with Crippen molar-refractivity contribution in [2.75, 3.05) is 51.8 Å². The van der Waals surface area contributed by atoms with Crippen molar-refractivity contribution in [2.24, 2.45) is 0 Å². The fourth-order valence-corrected chi connectivity index (χ4v) is 3.96. The Morgan fingerprint density at radius 2 is 1.83 bits per heavy atom. The summed E-state index contributed by atoms with van der Waals surface area (Å²) in [6, 6.07) is 6.68. The number of sulfonamides is 1. The molecule has 0 radical (unpaired) electrons. The van der Waals surface area contributed by atoms with Crippen molar-refractivity contribution < 1.29 is 27.5 Å². The fourth-order valence-electron chi connectivity index (χ4n) is 2.64. The maximum Gasteiger partial charge on any atom is 0.251 e. The molecule has 1 saturated heterocycles. The van der Waals surface area contributed by atoms with Crippen LogP contribution in [0, 0.1) is 0 Å². The number of carbonyl (C=O) groups excluding carboxylic acids is 2. The van der Waals surface area contributed by atoms with Crippen LogP contribution in [0.15, 0.2) is 24.3 Å². The molecule has 0 aromatic heterocycles. The van der Waals surface area contributed by atoms with E-state index in [1.165, 1.54) is 4.31 Å². The van der Waals surface area contributed by atoms with Crippen molar-refractivity contribution in [3.8, 4) is 5.75 Å². The molecular formula is C19H29N3O6S. The zero-order valence-electron chi connectivity index (χ0n) is 16.7. The lowest BCUT2D eigenvalue weighted by Crippen LogP contribution is -2.44. The number of hydrogen-bond acceptors (Lipinski definition) is 6. The van der Waals surface area contributed by atoms with E-state index in [1.807, 2.05) is 0 Å². The van der Waals surface area contributed by atoms with Crippen molar-refractivity contribution in [2.45, 2.75) is 19.8 Å². The van der Waals surface area contributed by atoms with E-state index in [2.05, 4.69) is 17.6 Å². The monoisotopic (exact) mass is 427 g/mol. The van der Waals surface area contributed by atoms with Gasteiger partial charge in [0.1, 0.15) is 5.75 Å². The number of morpholine rings is 1. The minimum Gasteiger partial charge on any atom is -0.494 e. The first kappa shape index (κ1) is 23.1. The Morgan fingerprint density at radius 1 is 1.14 bits per heavy atom. The summed E-state index contributed by atoms with van der Waals surface area (Å²) in [6.45, 7) is 3.87. The largest absolute Gasteiger partial charge is 0.494 e. The van der Waals surface area contributed by atoms with Crippen LogP contribution in [0.25, 0.3) is 0 Å². The molecule has 2 N–H and O–H groups in total. The number of unbranched alkanes of at least 4 members (excludes halogenated alkanes) is 1. The highest BCUT2D eigenvalue weighted by atomic mass is 32.2. The second-order valence-electron chi connectivity index (χ2n) is 6.59. The highest BCUT2D eigenvalue weighted by molar-refractivity contribution is 7.89. The van der Waals surface area contributed by atoms with Gasteiger partial charge < -0.3 is 20.1 Å². The molecule has 0 bridgehead atoms. The fraction of sp³-hybridized carbons (Fsp3) is 0.579. The Kier molecular flexibility index (Phi) is 9.36. The number of ether oxygens (including phenoxy) is 2. The molecule has 9 nitrogen and oxygen atoms in total. The molecule has 1 heterocycles. The van der Waals surface area contributed by atoms with Crippen LogP contribution in [0.2, 0.25) is 0 Å². The van der Waals surface area contributed by atoms with Gasteiger partial charge in [0.05, 0.1) is 32.1 Å². The highest BCUT2D eigenvalue weighted by Crippen LogP contribution is 2.12. The molecule has 2 rings (SSSR count). The third kappa shape index (κ3) is 8.00. The average Bonchev–Trinajstić information content (AvgIpc) is 2.73. The number of rotatable bonds is 11. The summed E-state index contributed by atoms with van der Waals surface area (Å²) in [5.74, 6) is -0.336. The molecule has 29 heavy (non-hydrogen) atoms. The lowest BCUT2D eigenvalue weighted by Gasteiger charge is -2.26. The molecule has 0 unspecified atom stereocenters. The summed E-state index contributed by atoms with van der Waals surface area (Å²) < 4.78 is 36.4. The molecule has 0 atom stereocenters. The van der Waals surface area contributed by atoms with E-state index < -0.39 is 15.9 Å². The van der Waals surface area contributed by atoms with Gasteiger partial charge in [0.2, 0.25) is 15.9 Å². The first-order valence-electron chi connectivity index (χ1n) is 9.75. The maximum atomic E-state index is 12.2. The van der Waals surface area contributed by atoms with Gasteiger partial charge in [-0.05, 0) is 30.7 Å². The highest BCUT2D eigenvalue weighted by Gasteiger charge is 2.23. The van der Waals surface area contributed by atoms with Crippen molar-refractivity contribution >= 4 is 21.8 Å². The van der Waals surface area contributed by atoms with Gasteiger partial charge in [0, 0.05) is 25.2 Å². The normalized spacial score (nSPS) is 14.9. The van der Waals surface area contributed by atoms with Gasteiger partial charge in [0.25, 0.3) is 5.91 Å². The van der Waals surface area contributed by atoms with Crippen molar-refractivity contribution in [1.82, 2.24) is 14.9 Å². The lowest BCUT2D eigenvalue weighted by atomic mass is 10.2. The summed E-state index contributed by atoms with van der Waals surface area (Å²) in [4.78, 5) is 24.0. The zero-order valence-corrected chi connectivity index (χ0v) is 17.5. The van der Waals surface area contributed by atoms with Gasteiger partial charge in [-0.1, -0.05) is 13.3 Å². The molecule has 1 aromatic rings. The topological polar surface area (TPSA) is 114 Å². The van der Waals surface area contributed by atoms with Crippen molar-refractivity contribution in [3.63, 3.8) is 0 Å². The second kappa shape index (κ2) is 11.7. The standard InChI is InChI=1S/C19H29N3O6S/c1-2-3-11-28-17-6-4-16(5-7-17)19(24)21-15-18(23)20-8-14-29(25,26)22-9-12-27-13-10-22/h4-7H,2-3,8-15H2,1H3,(H,20,23)(H,21,24). The Bertz CT molecular complexity index is 761. The van der Waals surface area contributed by atoms with Crippen LogP contribution in [0.5, 0.6) is 5.75 Å². The molecule has 0 aliphatic carbocycles. The number of nitrogens with zero attached hydrogens (tertiary/aromatic N) is 1. The van der Waals surface area contributed by atoms with Gasteiger partial charge >= 0.3 is 0 Å². The van der Waals surface area contributed by atoms with Crippen LogP contribution in [-0.4, -0.2) is 76.3 Å². The SMILES string of the molecule is CCCCOc1ccc(C(=O)NCC(=O)NCCS(=O)(=O)N2CCOCC2)cc1. The third-order valence-electron chi connectivity index (χ3n) is 4.34. The average molecular weight is 428 g/mol. The molecule has 1 aliphatic heterocycles. The lowest BCUT2D eigenvalue weighted by molar-refractivity contribution is -0.120. The summed E-state index contributed by atoms with van der Waals surface area (Å²) >= 11 is 0. The van der Waals surface area contributed by atoms with E-state index in [0.29, 0.717) is 44.2 Å². The molecule has 0 saturated carbocycles. The van der Waals surface area contributed by atoms with E-state index in [9.17, 15) is 18.0 Å². The van der Waals surface area contributed by atoms with Crippen LogP contribution < -0.4 is 15.4 Å². The van der Waals surface area contributed by atoms with Gasteiger partial charge in [-0.3, -0.25) is 9.59 Å². The predicted molar refractivity (Wildman–Crippen MR) is 108 cm³/mol. The summed E-state index contributed by atoms with van der Waals surface area (Å²) in [5.41, 5.74) is 0.413.